The van der Waals surface area contributed by atoms with Gasteiger partial charge in [0.05, 0.1) is 23.9 Å². The minimum Gasteiger partial charge on any atom is -0.485 e. The van der Waals surface area contributed by atoms with E-state index in [1.165, 1.54) is 6.26 Å². The van der Waals surface area contributed by atoms with Gasteiger partial charge in [-0.25, -0.2) is 0 Å². The van der Waals surface area contributed by atoms with E-state index in [4.69, 9.17) is 14.4 Å². The fourth-order valence-electron chi connectivity index (χ4n) is 2.65. The largest absolute Gasteiger partial charge is 0.485 e. The maximum atomic E-state index is 12.3. The van der Waals surface area contributed by atoms with Crippen molar-refractivity contribution >= 4 is 5.91 Å². The van der Waals surface area contributed by atoms with Crippen LogP contribution in [0.4, 0.5) is 0 Å². The summed E-state index contributed by atoms with van der Waals surface area (Å²) >= 11 is 0. The summed E-state index contributed by atoms with van der Waals surface area (Å²) in [6, 6.07) is 9.41. The number of furan rings is 1. The number of rotatable bonds is 2. The Kier molecular flexibility index (Phi) is 3.58. The monoisotopic (exact) mass is 312 g/mol. The van der Waals surface area contributed by atoms with E-state index in [2.05, 4.69) is 5.32 Å². The molecule has 0 spiro atoms. The molecule has 0 radical (unpaired) electrons. The number of benzene rings is 1. The van der Waals surface area contributed by atoms with Crippen LogP contribution in [0.25, 0.3) is 0 Å². The molecule has 23 heavy (non-hydrogen) atoms. The quantitative estimate of drug-likeness (QED) is 0.886. The molecule has 0 saturated heterocycles. The van der Waals surface area contributed by atoms with Crippen molar-refractivity contribution in [2.75, 3.05) is 0 Å². The summed E-state index contributed by atoms with van der Waals surface area (Å²) in [7, 11) is 0. The van der Waals surface area contributed by atoms with Gasteiger partial charge in [-0.3, -0.25) is 4.79 Å². The molecular weight excluding hydrogens is 296 g/mol. The molecule has 2 N–H and O–H groups in total. The third kappa shape index (κ3) is 2.67. The van der Waals surface area contributed by atoms with Crippen molar-refractivity contribution in [2.45, 2.75) is 31.6 Å². The van der Waals surface area contributed by atoms with Crippen LogP contribution in [0.3, 0.4) is 0 Å². The maximum absolute atomic E-state index is 12.3. The van der Waals surface area contributed by atoms with Gasteiger partial charge >= 0.3 is 0 Å². The van der Waals surface area contributed by atoms with Gasteiger partial charge in [-0.2, -0.15) is 5.26 Å². The molecule has 2 atom stereocenters. The molecule has 118 valence electrons. The second-order valence-electron chi connectivity index (χ2n) is 5.94. The Morgan fingerprint density at radius 3 is 2.83 bits per heavy atom. The first-order chi connectivity index (χ1) is 10.9. The molecule has 6 nitrogen and oxygen atoms in total. The normalized spacial score (nSPS) is 21.7. The van der Waals surface area contributed by atoms with Gasteiger partial charge in [0.15, 0.2) is 5.76 Å². The van der Waals surface area contributed by atoms with E-state index in [1.807, 2.05) is 6.07 Å². The average Bonchev–Trinajstić information content (AvgIpc) is 3.05. The summed E-state index contributed by atoms with van der Waals surface area (Å²) in [5.74, 6) is 0.244. The second kappa shape index (κ2) is 5.45. The van der Waals surface area contributed by atoms with Gasteiger partial charge in [0.1, 0.15) is 17.5 Å². The Hall–Kier alpha value is -2.78. The fourth-order valence-corrected chi connectivity index (χ4v) is 2.65. The highest BCUT2D eigenvalue weighted by Crippen LogP contribution is 2.40. The highest BCUT2D eigenvalue weighted by molar-refractivity contribution is 5.91. The number of carbonyl (C=O) groups excluding carboxylic acids is 1. The van der Waals surface area contributed by atoms with Crippen LogP contribution in [0.5, 0.6) is 5.75 Å². The lowest BCUT2D eigenvalue weighted by molar-refractivity contribution is -0.0628. The van der Waals surface area contributed by atoms with Crippen LogP contribution in [0, 0.1) is 11.3 Å². The highest BCUT2D eigenvalue weighted by atomic mass is 16.5. The van der Waals surface area contributed by atoms with Crippen LogP contribution in [0.15, 0.2) is 41.0 Å². The van der Waals surface area contributed by atoms with Crippen molar-refractivity contribution < 1.29 is 19.1 Å². The van der Waals surface area contributed by atoms with Gasteiger partial charge in [0.25, 0.3) is 5.91 Å². The Morgan fingerprint density at radius 1 is 1.39 bits per heavy atom. The number of ether oxygens (including phenoxy) is 1. The number of hydrogen-bond acceptors (Lipinski definition) is 5. The number of carbonyl (C=O) groups is 1. The van der Waals surface area contributed by atoms with E-state index in [9.17, 15) is 9.90 Å². The highest BCUT2D eigenvalue weighted by Gasteiger charge is 2.43. The second-order valence-corrected chi connectivity index (χ2v) is 5.94. The first-order valence-corrected chi connectivity index (χ1v) is 7.18. The van der Waals surface area contributed by atoms with Crippen LogP contribution in [-0.2, 0) is 0 Å². The van der Waals surface area contributed by atoms with Crippen molar-refractivity contribution in [3.05, 3.63) is 53.5 Å². The molecule has 0 bridgehead atoms. The lowest BCUT2D eigenvalue weighted by atomic mass is 9.86. The lowest BCUT2D eigenvalue weighted by Gasteiger charge is -2.42. The zero-order valence-corrected chi connectivity index (χ0v) is 12.7. The molecule has 1 aliphatic rings. The van der Waals surface area contributed by atoms with Crippen LogP contribution < -0.4 is 10.1 Å². The van der Waals surface area contributed by atoms with Crippen molar-refractivity contribution in [3.63, 3.8) is 0 Å². The topological polar surface area (TPSA) is 95.5 Å². The number of nitrogens with one attached hydrogen (secondary N) is 1. The average molecular weight is 312 g/mol. The predicted octanol–water partition coefficient (Wildman–Crippen LogP) is 2.15. The zero-order chi connectivity index (χ0) is 16.6. The van der Waals surface area contributed by atoms with Crippen molar-refractivity contribution in [1.29, 1.82) is 5.26 Å². The van der Waals surface area contributed by atoms with Crippen molar-refractivity contribution in [1.82, 2.24) is 5.32 Å². The lowest BCUT2D eigenvalue weighted by Crippen LogP contribution is -2.53. The predicted molar refractivity (Wildman–Crippen MR) is 80.8 cm³/mol. The van der Waals surface area contributed by atoms with Crippen LogP contribution in [0.2, 0.25) is 0 Å². The fraction of sp³-hybridized carbons (Fsp3) is 0.294. The molecule has 3 rings (SSSR count). The number of aliphatic hydroxyl groups excluding tert-OH is 1. The Bertz CT molecular complexity index is 774. The number of nitrogens with zero attached hydrogens (tertiary/aromatic N) is 1. The molecule has 6 heteroatoms. The van der Waals surface area contributed by atoms with Crippen molar-refractivity contribution in [3.8, 4) is 11.8 Å². The molecule has 1 aromatic carbocycles. The van der Waals surface area contributed by atoms with Crippen LogP contribution >= 0.6 is 0 Å². The summed E-state index contributed by atoms with van der Waals surface area (Å²) in [6.07, 6.45) is 0.420. The summed E-state index contributed by atoms with van der Waals surface area (Å²) in [5.41, 5.74) is 0.106. The minimum absolute atomic E-state index is 0.152. The van der Waals surface area contributed by atoms with Gasteiger partial charge < -0.3 is 19.6 Å². The summed E-state index contributed by atoms with van der Waals surface area (Å²) in [6.45, 7) is 3.48. The molecule has 0 aliphatic carbocycles. The molecule has 1 aliphatic heterocycles. The zero-order valence-electron chi connectivity index (χ0n) is 12.7. The maximum Gasteiger partial charge on any atom is 0.287 e. The molecule has 2 heterocycles. The van der Waals surface area contributed by atoms with E-state index in [-0.39, 0.29) is 5.76 Å². The summed E-state index contributed by atoms with van der Waals surface area (Å²) < 4.78 is 10.9. The van der Waals surface area contributed by atoms with Gasteiger partial charge in [-0.1, -0.05) is 0 Å². The molecule has 1 amide bonds. The van der Waals surface area contributed by atoms with Crippen LogP contribution in [-0.4, -0.2) is 22.7 Å². The third-order valence-corrected chi connectivity index (χ3v) is 3.91. The third-order valence-electron chi connectivity index (χ3n) is 3.91. The van der Waals surface area contributed by atoms with E-state index >= 15 is 0 Å². The molecule has 0 unspecified atom stereocenters. The SMILES string of the molecule is CC1(C)Oc2ccc(C#N)cc2[C@H](NC(=O)c2ccco2)[C@H]1O. The molecule has 1 aromatic heterocycles. The van der Waals surface area contributed by atoms with Gasteiger partial charge in [-0.05, 0) is 44.2 Å². The van der Waals surface area contributed by atoms with Crippen molar-refractivity contribution in [2.24, 2.45) is 0 Å². The molecule has 2 aromatic rings. The van der Waals surface area contributed by atoms with E-state index in [0.717, 1.165) is 0 Å². The van der Waals surface area contributed by atoms with E-state index in [1.54, 1.807) is 44.2 Å². The van der Waals surface area contributed by atoms with E-state index in [0.29, 0.717) is 16.9 Å². The van der Waals surface area contributed by atoms with Gasteiger partial charge in [0.2, 0.25) is 0 Å². The first kappa shape index (κ1) is 15.1. The molecular formula is C17H16N2O4. The summed E-state index contributed by atoms with van der Waals surface area (Å²) in [5, 5.41) is 22.4. The molecule has 0 fully saturated rings. The number of amides is 1. The Balaban J connectivity index is 2.00. The standard InChI is InChI=1S/C17H16N2O4/c1-17(2)15(20)14(19-16(21)13-4-3-7-22-13)11-8-10(9-18)5-6-12(11)23-17/h3-8,14-15,20H,1-2H3,(H,19,21)/t14-,15+/m0/s1. The minimum atomic E-state index is -0.983. The van der Waals surface area contributed by atoms with E-state index < -0.39 is 23.7 Å². The Morgan fingerprint density at radius 2 is 2.17 bits per heavy atom. The van der Waals surface area contributed by atoms with Crippen LogP contribution in [0.1, 0.15) is 41.6 Å². The van der Waals surface area contributed by atoms with Gasteiger partial charge in [-0.15, -0.1) is 0 Å². The first-order valence-electron chi connectivity index (χ1n) is 7.18. The number of hydrogen-bond donors (Lipinski definition) is 2. The molecule has 0 saturated carbocycles. The number of fused-ring (bicyclic) bond motifs is 1. The summed E-state index contributed by atoms with van der Waals surface area (Å²) in [4.78, 5) is 12.3. The number of nitriles is 1. The Labute approximate surface area is 133 Å². The van der Waals surface area contributed by atoms with Gasteiger partial charge in [0, 0.05) is 5.56 Å². The number of aliphatic hydroxyl groups is 1. The smallest absolute Gasteiger partial charge is 0.287 e.